The molecule has 0 bridgehead atoms. The van der Waals surface area contributed by atoms with Gasteiger partial charge in [-0.25, -0.2) is 14.4 Å². The summed E-state index contributed by atoms with van der Waals surface area (Å²) in [5.74, 6) is -0.547. The Labute approximate surface area is 106 Å². The fourth-order valence-corrected chi connectivity index (χ4v) is 1.60. The van der Waals surface area contributed by atoms with Crippen LogP contribution in [-0.4, -0.2) is 34.5 Å². The SMILES string of the molecule is CC(N)CCN(C)C(C)c1ncnc(Cl)c1F. The first-order valence-electron chi connectivity index (χ1n) is 5.55. The molecule has 0 aliphatic heterocycles. The smallest absolute Gasteiger partial charge is 0.183 e. The lowest BCUT2D eigenvalue weighted by Gasteiger charge is -2.25. The largest absolute Gasteiger partial charge is 0.328 e. The fourth-order valence-electron chi connectivity index (χ4n) is 1.46. The van der Waals surface area contributed by atoms with E-state index in [-0.39, 0.29) is 17.2 Å². The topological polar surface area (TPSA) is 55.0 Å². The van der Waals surface area contributed by atoms with Crippen molar-refractivity contribution < 1.29 is 4.39 Å². The van der Waals surface area contributed by atoms with E-state index in [1.807, 2.05) is 25.8 Å². The molecule has 1 heterocycles. The lowest BCUT2D eigenvalue weighted by atomic mass is 10.1. The summed E-state index contributed by atoms with van der Waals surface area (Å²) in [6, 6.07) is -0.0299. The third-order valence-corrected chi connectivity index (χ3v) is 3.03. The van der Waals surface area contributed by atoms with Crippen LogP contribution in [0.2, 0.25) is 5.15 Å². The Morgan fingerprint density at radius 1 is 1.47 bits per heavy atom. The summed E-state index contributed by atoms with van der Waals surface area (Å²) >= 11 is 5.63. The maximum Gasteiger partial charge on any atom is 0.183 e. The molecule has 2 N–H and O–H groups in total. The second kappa shape index (κ2) is 6.23. The zero-order valence-electron chi connectivity index (χ0n) is 10.3. The molecular weight excluding hydrogens is 243 g/mol. The van der Waals surface area contributed by atoms with Crippen LogP contribution in [0.5, 0.6) is 0 Å². The minimum atomic E-state index is -0.547. The van der Waals surface area contributed by atoms with E-state index in [1.165, 1.54) is 6.33 Å². The minimum absolute atomic E-state index is 0.128. The predicted octanol–water partition coefficient (Wildman–Crippen LogP) is 2.00. The van der Waals surface area contributed by atoms with Gasteiger partial charge in [-0.1, -0.05) is 11.6 Å². The van der Waals surface area contributed by atoms with Gasteiger partial charge < -0.3 is 5.73 Å². The van der Waals surface area contributed by atoms with Crippen LogP contribution in [-0.2, 0) is 0 Å². The molecule has 0 aliphatic carbocycles. The Morgan fingerprint density at radius 2 is 2.12 bits per heavy atom. The zero-order chi connectivity index (χ0) is 13.0. The number of aromatic nitrogens is 2. The molecule has 1 rings (SSSR count). The van der Waals surface area contributed by atoms with Gasteiger partial charge in [0, 0.05) is 6.04 Å². The summed E-state index contributed by atoms with van der Waals surface area (Å²) < 4.78 is 13.7. The molecule has 2 unspecified atom stereocenters. The van der Waals surface area contributed by atoms with Crippen LogP contribution < -0.4 is 5.73 Å². The Hall–Kier alpha value is -0.780. The van der Waals surface area contributed by atoms with Gasteiger partial charge in [0.25, 0.3) is 0 Å². The number of nitrogens with zero attached hydrogens (tertiary/aromatic N) is 3. The first-order valence-corrected chi connectivity index (χ1v) is 5.93. The van der Waals surface area contributed by atoms with Crippen LogP contribution in [0.3, 0.4) is 0 Å². The van der Waals surface area contributed by atoms with E-state index in [1.54, 1.807) is 0 Å². The molecule has 0 radical (unpaired) electrons. The molecule has 1 aromatic heterocycles. The third kappa shape index (κ3) is 3.87. The van der Waals surface area contributed by atoms with Crippen molar-refractivity contribution in [2.75, 3.05) is 13.6 Å². The van der Waals surface area contributed by atoms with Gasteiger partial charge >= 0.3 is 0 Å². The zero-order valence-corrected chi connectivity index (χ0v) is 11.1. The van der Waals surface area contributed by atoms with Crippen molar-refractivity contribution >= 4 is 11.6 Å². The van der Waals surface area contributed by atoms with Crippen LogP contribution >= 0.6 is 11.6 Å². The number of hydrogen-bond acceptors (Lipinski definition) is 4. The molecule has 0 saturated carbocycles. The van der Waals surface area contributed by atoms with Gasteiger partial charge in [0.1, 0.15) is 6.33 Å². The lowest BCUT2D eigenvalue weighted by Crippen LogP contribution is -2.29. The van der Waals surface area contributed by atoms with Crippen molar-refractivity contribution in [1.82, 2.24) is 14.9 Å². The highest BCUT2D eigenvalue weighted by molar-refractivity contribution is 6.29. The predicted molar refractivity (Wildman–Crippen MR) is 66.3 cm³/mol. The number of nitrogens with two attached hydrogens (primary N) is 1. The standard InChI is InChI=1S/C11H18ClFN4/c1-7(14)4-5-17(3)8(2)10-9(13)11(12)16-6-15-10/h6-8H,4-5,14H2,1-3H3. The van der Waals surface area contributed by atoms with Crippen LogP contribution in [0.15, 0.2) is 6.33 Å². The van der Waals surface area contributed by atoms with E-state index >= 15 is 0 Å². The van der Waals surface area contributed by atoms with Gasteiger partial charge in [-0.05, 0) is 33.9 Å². The summed E-state index contributed by atoms with van der Waals surface area (Å²) in [7, 11) is 1.91. The maximum atomic E-state index is 13.7. The lowest BCUT2D eigenvalue weighted by molar-refractivity contribution is 0.243. The number of halogens is 2. The highest BCUT2D eigenvalue weighted by Gasteiger charge is 2.19. The second-order valence-corrected chi connectivity index (χ2v) is 4.64. The molecule has 2 atom stereocenters. The van der Waals surface area contributed by atoms with Crippen molar-refractivity contribution in [3.05, 3.63) is 23.0 Å². The van der Waals surface area contributed by atoms with Gasteiger partial charge in [0.15, 0.2) is 11.0 Å². The summed E-state index contributed by atoms with van der Waals surface area (Å²) in [6.45, 7) is 4.60. The van der Waals surface area contributed by atoms with Gasteiger partial charge in [-0.3, -0.25) is 4.90 Å². The van der Waals surface area contributed by atoms with Gasteiger partial charge in [0.2, 0.25) is 0 Å². The van der Waals surface area contributed by atoms with Gasteiger partial charge in [-0.15, -0.1) is 0 Å². The first-order chi connectivity index (χ1) is 7.93. The van der Waals surface area contributed by atoms with Gasteiger partial charge in [0.05, 0.1) is 11.7 Å². The molecule has 0 fully saturated rings. The normalized spacial score (nSPS) is 15.0. The molecule has 17 heavy (non-hydrogen) atoms. The molecule has 0 spiro atoms. The van der Waals surface area contributed by atoms with E-state index in [4.69, 9.17) is 17.3 Å². The quantitative estimate of drug-likeness (QED) is 0.823. The Kier molecular flexibility index (Phi) is 5.24. The van der Waals surface area contributed by atoms with Crippen molar-refractivity contribution in [2.45, 2.75) is 32.4 Å². The molecule has 6 heteroatoms. The maximum absolute atomic E-state index is 13.7. The number of hydrogen-bond donors (Lipinski definition) is 1. The first kappa shape index (κ1) is 14.3. The minimum Gasteiger partial charge on any atom is -0.328 e. The molecule has 96 valence electrons. The monoisotopic (exact) mass is 260 g/mol. The average molecular weight is 261 g/mol. The Bertz CT molecular complexity index is 372. The highest BCUT2D eigenvalue weighted by Crippen LogP contribution is 2.22. The molecular formula is C11H18ClFN4. The summed E-state index contributed by atoms with van der Waals surface area (Å²) in [5.41, 5.74) is 6.00. The second-order valence-electron chi connectivity index (χ2n) is 4.29. The highest BCUT2D eigenvalue weighted by atomic mass is 35.5. The van der Waals surface area contributed by atoms with Crippen molar-refractivity contribution in [3.63, 3.8) is 0 Å². The molecule has 4 nitrogen and oxygen atoms in total. The summed E-state index contributed by atoms with van der Waals surface area (Å²) in [4.78, 5) is 9.53. The van der Waals surface area contributed by atoms with E-state index in [0.29, 0.717) is 5.69 Å². The van der Waals surface area contributed by atoms with Crippen LogP contribution in [0.4, 0.5) is 4.39 Å². The molecule has 0 aromatic carbocycles. The molecule has 0 aliphatic rings. The summed E-state index contributed by atoms with van der Waals surface area (Å²) in [5, 5.41) is -0.137. The van der Waals surface area contributed by atoms with Crippen LogP contribution in [0, 0.1) is 5.82 Å². The van der Waals surface area contributed by atoms with Crippen molar-refractivity contribution in [3.8, 4) is 0 Å². The van der Waals surface area contributed by atoms with E-state index < -0.39 is 5.82 Å². The van der Waals surface area contributed by atoms with Crippen molar-refractivity contribution in [1.29, 1.82) is 0 Å². The van der Waals surface area contributed by atoms with Crippen molar-refractivity contribution in [2.24, 2.45) is 5.73 Å². The third-order valence-electron chi connectivity index (χ3n) is 2.77. The molecule has 1 aromatic rings. The van der Waals surface area contributed by atoms with E-state index in [0.717, 1.165) is 13.0 Å². The number of rotatable bonds is 5. The average Bonchev–Trinajstić information content (AvgIpc) is 2.28. The molecule has 0 saturated heterocycles. The Morgan fingerprint density at radius 3 is 2.71 bits per heavy atom. The van der Waals surface area contributed by atoms with E-state index in [9.17, 15) is 4.39 Å². The van der Waals surface area contributed by atoms with Gasteiger partial charge in [-0.2, -0.15) is 0 Å². The Balaban J connectivity index is 2.74. The van der Waals surface area contributed by atoms with Crippen LogP contribution in [0.1, 0.15) is 32.0 Å². The van der Waals surface area contributed by atoms with Crippen LogP contribution in [0.25, 0.3) is 0 Å². The fraction of sp³-hybridized carbons (Fsp3) is 0.636. The molecule has 0 amide bonds. The van der Waals surface area contributed by atoms with E-state index in [2.05, 4.69) is 9.97 Å². The summed E-state index contributed by atoms with van der Waals surface area (Å²) in [6.07, 6.45) is 2.12.